The first-order valence-corrected chi connectivity index (χ1v) is 6.69. The van der Waals surface area contributed by atoms with E-state index in [2.05, 4.69) is 0 Å². The minimum Gasteiger partial charge on any atom is -0.493 e. The van der Waals surface area contributed by atoms with Gasteiger partial charge in [-0.3, -0.25) is 4.79 Å². The highest BCUT2D eigenvalue weighted by Gasteiger charge is 2.15. The van der Waals surface area contributed by atoms with Gasteiger partial charge in [0, 0.05) is 11.4 Å². The molecule has 0 aromatic heterocycles. The summed E-state index contributed by atoms with van der Waals surface area (Å²) in [6.07, 6.45) is 0.849. The van der Waals surface area contributed by atoms with E-state index in [1.165, 1.54) is 0 Å². The first kappa shape index (κ1) is 15.8. The van der Waals surface area contributed by atoms with Gasteiger partial charge >= 0.3 is 5.97 Å². The van der Waals surface area contributed by atoms with Crippen LogP contribution in [0.4, 0.5) is 0 Å². The molecule has 19 heavy (non-hydrogen) atoms. The number of ether oxygens (including phenoxy) is 1. The summed E-state index contributed by atoms with van der Waals surface area (Å²) in [6.45, 7) is 2.93. The summed E-state index contributed by atoms with van der Waals surface area (Å²) in [4.78, 5) is 10.7. The molecule has 0 unspecified atom stereocenters. The van der Waals surface area contributed by atoms with Crippen molar-refractivity contribution in [3.8, 4) is 5.75 Å². The Morgan fingerprint density at radius 1 is 1.53 bits per heavy atom. The maximum atomic E-state index is 10.7. The fraction of sp³-hybridized carbons (Fsp3) is 0.500. The molecule has 1 aromatic rings. The Kier molecular flexibility index (Phi) is 6.67. The topological polar surface area (TPSA) is 72.5 Å². The number of nitrogens with two attached hydrogens (primary N) is 1. The monoisotopic (exact) mass is 285 g/mol. The highest BCUT2D eigenvalue weighted by atomic mass is 35.5. The molecule has 1 aromatic carbocycles. The summed E-state index contributed by atoms with van der Waals surface area (Å²) in [5.74, 6) is 0.155. The van der Waals surface area contributed by atoms with Gasteiger partial charge in [0.05, 0.1) is 6.61 Å². The van der Waals surface area contributed by atoms with Crippen molar-refractivity contribution in [1.29, 1.82) is 0 Å². The fourth-order valence-electron chi connectivity index (χ4n) is 1.94. The molecule has 3 N–H and O–H groups in total. The Morgan fingerprint density at radius 2 is 2.26 bits per heavy atom. The molecule has 0 heterocycles. The third-order valence-corrected chi connectivity index (χ3v) is 3.10. The molecule has 5 heteroatoms. The molecule has 0 aliphatic rings. The van der Waals surface area contributed by atoms with Crippen LogP contribution in [0.25, 0.3) is 0 Å². The highest BCUT2D eigenvalue weighted by Crippen LogP contribution is 2.20. The lowest BCUT2D eigenvalue weighted by atomic mass is 9.94. The van der Waals surface area contributed by atoms with Crippen LogP contribution < -0.4 is 10.5 Å². The predicted molar refractivity (Wildman–Crippen MR) is 75.5 cm³/mol. The largest absolute Gasteiger partial charge is 0.493 e. The van der Waals surface area contributed by atoms with Crippen molar-refractivity contribution < 1.29 is 14.6 Å². The first-order chi connectivity index (χ1) is 9.01. The smallest absolute Gasteiger partial charge is 0.303 e. The number of hydrogen-bond acceptors (Lipinski definition) is 3. The summed E-state index contributed by atoms with van der Waals surface area (Å²) < 4.78 is 5.63. The molecule has 0 saturated heterocycles. The van der Waals surface area contributed by atoms with Crippen molar-refractivity contribution in [2.24, 2.45) is 17.6 Å². The molecule has 2 atom stereocenters. The number of halogens is 1. The van der Waals surface area contributed by atoms with Crippen molar-refractivity contribution >= 4 is 17.6 Å². The van der Waals surface area contributed by atoms with Crippen molar-refractivity contribution in [3.05, 3.63) is 29.3 Å². The molecular formula is C14H20ClNO3. The van der Waals surface area contributed by atoms with Crippen LogP contribution in [-0.2, 0) is 4.79 Å². The molecule has 0 amide bonds. The Morgan fingerprint density at radius 3 is 2.84 bits per heavy atom. The summed E-state index contributed by atoms with van der Waals surface area (Å²) in [5, 5.41) is 9.40. The van der Waals surface area contributed by atoms with Crippen LogP contribution in [0.15, 0.2) is 24.3 Å². The third-order valence-electron chi connectivity index (χ3n) is 2.86. The number of rotatable bonds is 8. The van der Waals surface area contributed by atoms with Gasteiger partial charge in [0.25, 0.3) is 0 Å². The van der Waals surface area contributed by atoms with Crippen molar-refractivity contribution in [1.82, 2.24) is 0 Å². The Labute approximate surface area is 118 Å². The molecule has 1 rings (SSSR count). The van der Waals surface area contributed by atoms with Crippen LogP contribution in [0, 0.1) is 11.8 Å². The minimum absolute atomic E-state index is 0.00420. The highest BCUT2D eigenvalue weighted by molar-refractivity contribution is 6.30. The van der Waals surface area contributed by atoms with Crippen molar-refractivity contribution in [2.75, 3.05) is 13.2 Å². The fourth-order valence-corrected chi connectivity index (χ4v) is 2.12. The minimum atomic E-state index is -0.807. The normalized spacial score (nSPS) is 13.8. The average molecular weight is 286 g/mol. The van der Waals surface area contributed by atoms with Crippen LogP contribution in [0.5, 0.6) is 5.75 Å². The van der Waals surface area contributed by atoms with Gasteiger partial charge in [-0.1, -0.05) is 24.6 Å². The van der Waals surface area contributed by atoms with Crippen LogP contribution in [0.1, 0.15) is 19.8 Å². The summed E-state index contributed by atoms with van der Waals surface area (Å²) >= 11 is 5.86. The van der Waals surface area contributed by atoms with E-state index in [-0.39, 0.29) is 18.3 Å². The van der Waals surface area contributed by atoms with Gasteiger partial charge in [0.1, 0.15) is 5.75 Å². The van der Waals surface area contributed by atoms with Crippen LogP contribution >= 0.6 is 11.6 Å². The van der Waals surface area contributed by atoms with E-state index in [9.17, 15) is 4.79 Å². The second-order valence-electron chi connectivity index (χ2n) is 4.81. The van der Waals surface area contributed by atoms with E-state index in [4.69, 9.17) is 27.2 Å². The average Bonchev–Trinajstić information content (AvgIpc) is 2.35. The van der Waals surface area contributed by atoms with Gasteiger partial charge < -0.3 is 15.6 Å². The van der Waals surface area contributed by atoms with Crippen molar-refractivity contribution in [3.63, 3.8) is 0 Å². The van der Waals surface area contributed by atoms with E-state index in [1.807, 2.05) is 19.1 Å². The zero-order chi connectivity index (χ0) is 14.3. The Hall–Kier alpha value is -1.26. The maximum absolute atomic E-state index is 10.7. The van der Waals surface area contributed by atoms with Crippen LogP contribution in [-0.4, -0.2) is 24.2 Å². The van der Waals surface area contributed by atoms with Gasteiger partial charge in [-0.2, -0.15) is 0 Å². The second-order valence-corrected chi connectivity index (χ2v) is 5.25. The van der Waals surface area contributed by atoms with Gasteiger partial charge in [0.15, 0.2) is 0 Å². The summed E-state index contributed by atoms with van der Waals surface area (Å²) in [7, 11) is 0. The van der Waals surface area contributed by atoms with Crippen LogP contribution in [0.2, 0.25) is 5.02 Å². The number of carboxylic acids is 1. The first-order valence-electron chi connectivity index (χ1n) is 6.31. The molecule has 106 valence electrons. The lowest BCUT2D eigenvalue weighted by Gasteiger charge is -2.18. The lowest BCUT2D eigenvalue weighted by Crippen LogP contribution is -2.22. The van der Waals surface area contributed by atoms with Gasteiger partial charge in [-0.05, 0) is 43.0 Å². The second kappa shape index (κ2) is 8.02. The van der Waals surface area contributed by atoms with E-state index in [0.29, 0.717) is 18.2 Å². The van der Waals surface area contributed by atoms with Gasteiger partial charge in [0.2, 0.25) is 0 Å². The molecular weight excluding hydrogens is 266 g/mol. The van der Waals surface area contributed by atoms with Crippen LogP contribution in [0.3, 0.4) is 0 Å². The number of hydrogen-bond donors (Lipinski definition) is 2. The Balaban J connectivity index is 2.38. The van der Waals surface area contributed by atoms with Crippen molar-refractivity contribution in [2.45, 2.75) is 19.8 Å². The van der Waals surface area contributed by atoms with Gasteiger partial charge in [-0.25, -0.2) is 0 Å². The molecule has 0 saturated carbocycles. The van der Waals surface area contributed by atoms with E-state index >= 15 is 0 Å². The lowest BCUT2D eigenvalue weighted by molar-refractivity contribution is -0.138. The standard InChI is InChI=1S/C14H20ClNO3/c1-10(5-11(8-16)6-14(17)18)9-19-13-4-2-3-12(15)7-13/h2-4,7,10-11H,5-6,8-9,16H2,1H3,(H,17,18)/t10-,11-/m0/s1. The van der Waals surface area contributed by atoms with E-state index in [1.54, 1.807) is 12.1 Å². The summed E-state index contributed by atoms with van der Waals surface area (Å²) in [5.41, 5.74) is 5.57. The zero-order valence-corrected chi connectivity index (χ0v) is 11.8. The van der Waals surface area contributed by atoms with Gasteiger partial charge in [-0.15, -0.1) is 0 Å². The number of carbonyl (C=O) groups is 1. The molecule has 4 nitrogen and oxygen atoms in total. The molecule has 0 aliphatic carbocycles. The number of aliphatic carboxylic acids is 1. The van der Waals surface area contributed by atoms with E-state index in [0.717, 1.165) is 12.2 Å². The van der Waals surface area contributed by atoms with E-state index < -0.39 is 5.97 Å². The quantitative estimate of drug-likeness (QED) is 0.770. The number of carboxylic acid groups (broad SMARTS) is 1. The predicted octanol–water partition coefficient (Wildman–Crippen LogP) is 2.79. The molecule has 0 radical (unpaired) electrons. The molecule has 0 fully saturated rings. The molecule has 0 aliphatic heterocycles. The number of benzene rings is 1. The Bertz CT molecular complexity index is 411. The SMILES string of the molecule is C[C@H](COc1cccc(Cl)c1)C[C@H](CN)CC(=O)O. The maximum Gasteiger partial charge on any atom is 0.303 e. The third kappa shape index (κ3) is 6.45. The molecule has 0 spiro atoms. The molecule has 0 bridgehead atoms. The zero-order valence-electron chi connectivity index (χ0n) is 11.0. The summed E-state index contributed by atoms with van der Waals surface area (Å²) in [6, 6.07) is 7.22.